The topological polar surface area (TPSA) is 63.2 Å². The van der Waals surface area contributed by atoms with Gasteiger partial charge in [-0.2, -0.15) is 0 Å². The summed E-state index contributed by atoms with van der Waals surface area (Å²) in [5.74, 6) is -0.334. The van der Waals surface area contributed by atoms with Crippen LogP contribution in [0.25, 0.3) is 0 Å². The summed E-state index contributed by atoms with van der Waals surface area (Å²) in [6.45, 7) is 6.94. The van der Waals surface area contributed by atoms with Crippen molar-refractivity contribution >= 4 is 5.97 Å². The zero-order chi connectivity index (χ0) is 22.2. The molecule has 0 spiro atoms. The normalized spacial score (nSPS) is 11.0. The van der Waals surface area contributed by atoms with Gasteiger partial charge in [0.05, 0.1) is 51.8 Å². The fraction of sp³-hybridized carbons (Fsp3) is 0.720. The second kappa shape index (κ2) is 21.8. The fourth-order valence-electron chi connectivity index (χ4n) is 2.95. The summed E-state index contributed by atoms with van der Waals surface area (Å²) in [6.07, 6.45) is 10.5. The Morgan fingerprint density at radius 3 is 1.58 bits per heavy atom. The number of carbonyl (C=O) groups is 1. The van der Waals surface area contributed by atoms with Gasteiger partial charge in [0.25, 0.3) is 0 Å². The summed E-state index contributed by atoms with van der Waals surface area (Å²) in [6, 6.07) is 8.92. The van der Waals surface area contributed by atoms with Crippen LogP contribution in [0.15, 0.2) is 30.3 Å². The van der Waals surface area contributed by atoms with Crippen molar-refractivity contribution in [3.8, 4) is 0 Å². The average Bonchev–Trinajstić information content (AvgIpc) is 2.80. The van der Waals surface area contributed by atoms with E-state index in [9.17, 15) is 4.79 Å². The molecular weight excluding hydrogens is 396 g/mol. The fourth-order valence-corrected chi connectivity index (χ4v) is 2.95. The van der Waals surface area contributed by atoms with Gasteiger partial charge >= 0.3 is 5.97 Å². The van der Waals surface area contributed by atoms with Crippen LogP contribution in [-0.4, -0.2) is 65.4 Å². The Kier molecular flexibility index (Phi) is 19.3. The smallest absolute Gasteiger partial charge is 0.338 e. The molecule has 0 aliphatic carbocycles. The Bertz CT molecular complexity index is 508. The van der Waals surface area contributed by atoms with Gasteiger partial charge in [-0.15, -0.1) is 0 Å². The third kappa shape index (κ3) is 17.9. The second-order valence-corrected chi connectivity index (χ2v) is 7.43. The standard InChI is InChI=1S/C25H42O6/c1-2-3-4-5-6-7-8-12-15-27-16-17-28-18-19-29-20-21-30-22-23-31-25(26)24-13-10-9-11-14-24/h9-11,13-14H,2-8,12,15-23H2,1H3. The van der Waals surface area contributed by atoms with Crippen molar-refractivity contribution in [1.82, 2.24) is 0 Å². The minimum atomic E-state index is -0.334. The zero-order valence-corrected chi connectivity index (χ0v) is 19.4. The quantitative estimate of drug-likeness (QED) is 0.186. The van der Waals surface area contributed by atoms with E-state index in [1.54, 1.807) is 24.3 Å². The van der Waals surface area contributed by atoms with Crippen molar-refractivity contribution < 1.29 is 28.5 Å². The van der Waals surface area contributed by atoms with E-state index in [-0.39, 0.29) is 12.6 Å². The van der Waals surface area contributed by atoms with Crippen molar-refractivity contribution in [3.05, 3.63) is 35.9 Å². The van der Waals surface area contributed by atoms with Gasteiger partial charge in [-0.25, -0.2) is 4.79 Å². The van der Waals surface area contributed by atoms with E-state index in [4.69, 9.17) is 23.7 Å². The molecule has 0 aromatic heterocycles. The van der Waals surface area contributed by atoms with E-state index >= 15 is 0 Å². The van der Waals surface area contributed by atoms with Gasteiger partial charge in [0.2, 0.25) is 0 Å². The average molecular weight is 439 g/mol. The zero-order valence-electron chi connectivity index (χ0n) is 19.4. The Morgan fingerprint density at radius 2 is 1.03 bits per heavy atom. The van der Waals surface area contributed by atoms with Crippen molar-refractivity contribution in [1.29, 1.82) is 0 Å². The van der Waals surface area contributed by atoms with Crippen LogP contribution in [-0.2, 0) is 23.7 Å². The Labute approximate surface area is 188 Å². The third-order valence-electron chi connectivity index (χ3n) is 4.73. The van der Waals surface area contributed by atoms with Gasteiger partial charge in [-0.3, -0.25) is 0 Å². The molecule has 178 valence electrons. The number of esters is 1. The monoisotopic (exact) mass is 438 g/mol. The number of benzene rings is 1. The number of rotatable bonds is 22. The molecule has 1 rings (SSSR count). The highest BCUT2D eigenvalue weighted by molar-refractivity contribution is 5.89. The SMILES string of the molecule is CCCCCCCCCCOCCOCCOCCOCCOC(=O)c1ccccc1. The van der Waals surface area contributed by atoms with Crippen molar-refractivity contribution in [2.45, 2.75) is 58.3 Å². The highest BCUT2D eigenvalue weighted by atomic mass is 16.6. The number of carbonyl (C=O) groups excluding carboxylic acids is 1. The van der Waals surface area contributed by atoms with E-state index in [0.717, 1.165) is 13.0 Å². The molecule has 31 heavy (non-hydrogen) atoms. The maximum absolute atomic E-state index is 11.7. The van der Waals surface area contributed by atoms with Crippen LogP contribution in [0.2, 0.25) is 0 Å². The van der Waals surface area contributed by atoms with Gasteiger partial charge in [-0.05, 0) is 18.6 Å². The number of ether oxygens (including phenoxy) is 5. The predicted octanol–water partition coefficient (Wildman–Crippen LogP) is 5.05. The first kappa shape index (κ1) is 27.6. The molecule has 0 bridgehead atoms. The molecular formula is C25H42O6. The summed E-state index contributed by atoms with van der Waals surface area (Å²) in [7, 11) is 0. The largest absolute Gasteiger partial charge is 0.460 e. The van der Waals surface area contributed by atoms with Gasteiger partial charge in [0.1, 0.15) is 6.61 Å². The molecule has 0 aliphatic heterocycles. The lowest BCUT2D eigenvalue weighted by atomic mass is 10.1. The predicted molar refractivity (Wildman–Crippen MR) is 123 cm³/mol. The van der Waals surface area contributed by atoms with E-state index in [1.165, 1.54) is 44.9 Å². The molecule has 1 aromatic carbocycles. The molecule has 0 fully saturated rings. The third-order valence-corrected chi connectivity index (χ3v) is 4.73. The molecule has 0 saturated heterocycles. The summed E-state index contributed by atoms with van der Waals surface area (Å²) in [4.78, 5) is 11.7. The molecule has 0 radical (unpaired) electrons. The van der Waals surface area contributed by atoms with Gasteiger partial charge in [-0.1, -0.05) is 70.1 Å². The molecule has 6 nitrogen and oxygen atoms in total. The maximum atomic E-state index is 11.7. The van der Waals surface area contributed by atoms with Crippen LogP contribution in [0, 0.1) is 0 Å². The van der Waals surface area contributed by atoms with E-state index < -0.39 is 0 Å². The maximum Gasteiger partial charge on any atom is 0.338 e. The minimum Gasteiger partial charge on any atom is -0.460 e. The Balaban J connectivity index is 1.70. The highest BCUT2D eigenvalue weighted by Gasteiger charge is 2.04. The number of unbranched alkanes of at least 4 members (excludes halogenated alkanes) is 7. The van der Waals surface area contributed by atoms with Crippen LogP contribution in [0.1, 0.15) is 68.6 Å². The lowest BCUT2D eigenvalue weighted by Gasteiger charge is -2.08. The van der Waals surface area contributed by atoms with E-state index in [1.807, 2.05) is 6.07 Å². The van der Waals surface area contributed by atoms with Crippen LogP contribution in [0.3, 0.4) is 0 Å². The molecule has 6 heteroatoms. The molecule has 0 amide bonds. The molecule has 0 atom stereocenters. The summed E-state index contributed by atoms with van der Waals surface area (Å²) in [5.41, 5.74) is 0.546. The first-order chi connectivity index (χ1) is 15.3. The first-order valence-corrected chi connectivity index (χ1v) is 11.9. The van der Waals surface area contributed by atoms with Crippen molar-refractivity contribution in [2.75, 3.05) is 59.5 Å². The Hall–Kier alpha value is -1.47. The first-order valence-electron chi connectivity index (χ1n) is 11.9. The van der Waals surface area contributed by atoms with E-state index in [0.29, 0.717) is 51.8 Å². The number of hydrogen-bond acceptors (Lipinski definition) is 6. The molecule has 0 saturated carbocycles. The van der Waals surface area contributed by atoms with Crippen molar-refractivity contribution in [3.63, 3.8) is 0 Å². The second-order valence-electron chi connectivity index (χ2n) is 7.43. The van der Waals surface area contributed by atoms with E-state index in [2.05, 4.69) is 6.92 Å². The molecule has 1 aromatic rings. The summed E-state index contributed by atoms with van der Waals surface area (Å²) in [5, 5.41) is 0. The molecule has 0 N–H and O–H groups in total. The number of hydrogen-bond donors (Lipinski definition) is 0. The minimum absolute atomic E-state index is 0.232. The lowest BCUT2D eigenvalue weighted by Crippen LogP contribution is -2.14. The van der Waals surface area contributed by atoms with Gasteiger partial charge < -0.3 is 23.7 Å². The van der Waals surface area contributed by atoms with Crippen LogP contribution in [0.5, 0.6) is 0 Å². The Morgan fingerprint density at radius 1 is 0.581 bits per heavy atom. The lowest BCUT2D eigenvalue weighted by molar-refractivity contribution is -0.00913. The van der Waals surface area contributed by atoms with Gasteiger partial charge in [0.15, 0.2) is 0 Å². The van der Waals surface area contributed by atoms with Crippen LogP contribution < -0.4 is 0 Å². The summed E-state index contributed by atoms with van der Waals surface area (Å²) >= 11 is 0. The van der Waals surface area contributed by atoms with Crippen LogP contribution >= 0.6 is 0 Å². The molecule has 0 heterocycles. The molecule has 0 unspecified atom stereocenters. The highest BCUT2D eigenvalue weighted by Crippen LogP contribution is 2.08. The molecule has 0 aliphatic rings. The van der Waals surface area contributed by atoms with Crippen LogP contribution in [0.4, 0.5) is 0 Å². The summed E-state index contributed by atoms with van der Waals surface area (Å²) < 4.78 is 27.0. The van der Waals surface area contributed by atoms with Crippen molar-refractivity contribution in [2.24, 2.45) is 0 Å². The van der Waals surface area contributed by atoms with Gasteiger partial charge in [0, 0.05) is 6.61 Å².